The molecule has 1 atom stereocenters. The van der Waals surface area contributed by atoms with Crippen LogP contribution in [0.25, 0.3) is 11.1 Å². The quantitative estimate of drug-likeness (QED) is 0.638. The average Bonchev–Trinajstić information content (AvgIpc) is 3.08. The second-order valence-electron chi connectivity index (χ2n) is 5.14. The number of carbonyl (C=O) groups excluding carboxylic acids is 1. The summed E-state index contributed by atoms with van der Waals surface area (Å²) >= 11 is 0. The van der Waals surface area contributed by atoms with Gasteiger partial charge in [0.1, 0.15) is 11.9 Å². The second-order valence-corrected chi connectivity index (χ2v) is 5.14. The van der Waals surface area contributed by atoms with Crippen molar-refractivity contribution in [3.8, 4) is 16.9 Å². The monoisotopic (exact) mass is 295 g/mol. The highest BCUT2D eigenvalue weighted by Crippen LogP contribution is 2.23. The molecule has 0 radical (unpaired) electrons. The predicted octanol–water partition coefficient (Wildman–Crippen LogP) is 3.63. The van der Waals surface area contributed by atoms with Crippen molar-refractivity contribution in [1.29, 1.82) is 0 Å². The molecule has 1 aromatic heterocycles. The molecule has 1 aliphatic rings. The summed E-state index contributed by atoms with van der Waals surface area (Å²) in [6, 6.07) is 9.43. The van der Waals surface area contributed by atoms with Crippen LogP contribution in [0, 0.1) is 0 Å². The van der Waals surface area contributed by atoms with Crippen molar-refractivity contribution >= 4 is 5.97 Å². The number of esters is 1. The van der Waals surface area contributed by atoms with Crippen LogP contribution < -0.4 is 4.74 Å². The van der Waals surface area contributed by atoms with Gasteiger partial charge in [0.15, 0.2) is 0 Å². The number of nitrogens with zero attached hydrogens (tertiary/aromatic N) is 1. The van der Waals surface area contributed by atoms with E-state index in [1.54, 1.807) is 19.4 Å². The molecule has 0 bridgehead atoms. The van der Waals surface area contributed by atoms with Gasteiger partial charge in [0, 0.05) is 18.0 Å². The molecular weight excluding hydrogens is 278 g/mol. The van der Waals surface area contributed by atoms with Crippen LogP contribution in [0.3, 0.4) is 0 Å². The maximum absolute atomic E-state index is 12.2. The zero-order valence-electron chi connectivity index (χ0n) is 12.4. The van der Waals surface area contributed by atoms with Gasteiger partial charge in [-0.05, 0) is 42.7 Å². The Bertz CT molecular complexity index is 692. The van der Waals surface area contributed by atoms with Gasteiger partial charge >= 0.3 is 5.97 Å². The average molecular weight is 295 g/mol. The molecule has 1 aliphatic carbocycles. The molecule has 1 heterocycles. The molecule has 0 aliphatic heterocycles. The first kappa shape index (κ1) is 14.3. The summed E-state index contributed by atoms with van der Waals surface area (Å²) in [4.78, 5) is 16.3. The van der Waals surface area contributed by atoms with Gasteiger partial charge in [-0.1, -0.05) is 18.2 Å². The SMILES string of the molecule is COc1ccc(-c2cncc(C(=O)OC3C=CCC3)c2)cc1. The van der Waals surface area contributed by atoms with Crippen LogP contribution in [0.2, 0.25) is 0 Å². The van der Waals surface area contributed by atoms with Crippen LogP contribution in [0.1, 0.15) is 23.2 Å². The molecule has 1 aromatic carbocycles. The minimum absolute atomic E-state index is 0.114. The normalized spacial score (nSPS) is 16.5. The molecule has 0 saturated carbocycles. The lowest BCUT2D eigenvalue weighted by Crippen LogP contribution is -2.14. The second kappa shape index (κ2) is 6.43. The van der Waals surface area contributed by atoms with Crippen molar-refractivity contribution in [2.45, 2.75) is 18.9 Å². The van der Waals surface area contributed by atoms with Crippen LogP contribution in [-0.2, 0) is 4.74 Å². The molecule has 112 valence electrons. The van der Waals surface area contributed by atoms with E-state index in [-0.39, 0.29) is 12.1 Å². The minimum Gasteiger partial charge on any atom is -0.497 e. The van der Waals surface area contributed by atoms with Gasteiger partial charge in [-0.25, -0.2) is 4.79 Å². The number of aromatic nitrogens is 1. The number of allylic oxidation sites excluding steroid dienone is 1. The number of methoxy groups -OCH3 is 1. The van der Waals surface area contributed by atoms with Gasteiger partial charge in [-0.2, -0.15) is 0 Å². The smallest absolute Gasteiger partial charge is 0.340 e. The number of benzene rings is 1. The van der Waals surface area contributed by atoms with E-state index in [1.165, 1.54) is 6.20 Å². The number of pyridine rings is 1. The molecule has 4 nitrogen and oxygen atoms in total. The fraction of sp³-hybridized carbons (Fsp3) is 0.222. The van der Waals surface area contributed by atoms with E-state index < -0.39 is 0 Å². The van der Waals surface area contributed by atoms with Gasteiger partial charge in [0.2, 0.25) is 0 Å². The summed E-state index contributed by atoms with van der Waals surface area (Å²) in [5.41, 5.74) is 2.32. The largest absolute Gasteiger partial charge is 0.497 e. The van der Waals surface area contributed by atoms with E-state index >= 15 is 0 Å². The van der Waals surface area contributed by atoms with Crippen LogP contribution in [0.4, 0.5) is 0 Å². The Hall–Kier alpha value is -2.62. The zero-order valence-corrected chi connectivity index (χ0v) is 12.4. The number of carbonyl (C=O) groups is 1. The zero-order chi connectivity index (χ0) is 15.4. The molecule has 0 N–H and O–H groups in total. The predicted molar refractivity (Wildman–Crippen MR) is 83.8 cm³/mol. The first-order chi connectivity index (χ1) is 10.8. The number of hydrogen-bond donors (Lipinski definition) is 0. The van der Waals surface area contributed by atoms with E-state index in [0.29, 0.717) is 5.56 Å². The van der Waals surface area contributed by atoms with E-state index in [4.69, 9.17) is 9.47 Å². The topological polar surface area (TPSA) is 48.4 Å². The highest BCUT2D eigenvalue weighted by molar-refractivity contribution is 5.90. The van der Waals surface area contributed by atoms with Crippen LogP contribution in [0.15, 0.2) is 54.9 Å². The highest BCUT2D eigenvalue weighted by Gasteiger charge is 2.16. The van der Waals surface area contributed by atoms with Crippen molar-refractivity contribution in [2.24, 2.45) is 0 Å². The van der Waals surface area contributed by atoms with Crippen molar-refractivity contribution in [1.82, 2.24) is 4.98 Å². The number of ether oxygens (including phenoxy) is 2. The molecular formula is C18H17NO3. The Kier molecular flexibility index (Phi) is 4.19. The molecule has 0 saturated heterocycles. The van der Waals surface area contributed by atoms with Crippen molar-refractivity contribution in [2.75, 3.05) is 7.11 Å². The summed E-state index contributed by atoms with van der Waals surface area (Å²) in [6.07, 6.45) is 8.93. The maximum Gasteiger partial charge on any atom is 0.340 e. The summed E-state index contributed by atoms with van der Waals surface area (Å²) in [6.45, 7) is 0. The van der Waals surface area contributed by atoms with E-state index in [9.17, 15) is 4.79 Å². The van der Waals surface area contributed by atoms with Gasteiger partial charge in [-0.15, -0.1) is 0 Å². The van der Waals surface area contributed by atoms with E-state index in [0.717, 1.165) is 29.7 Å². The molecule has 0 amide bonds. The van der Waals surface area contributed by atoms with E-state index in [1.807, 2.05) is 36.4 Å². The number of hydrogen-bond acceptors (Lipinski definition) is 4. The summed E-state index contributed by atoms with van der Waals surface area (Å²) in [5, 5.41) is 0. The van der Waals surface area contributed by atoms with Gasteiger partial charge in [-0.3, -0.25) is 4.98 Å². The van der Waals surface area contributed by atoms with Gasteiger partial charge < -0.3 is 9.47 Å². The van der Waals surface area contributed by atoms with Crippen molar-refractivity contribution < 1.29 is 14.3 Å². The van der Waals surface area contributed by atoms with Crippen LogP contribution in [0.5, 0.6) is 5.75 Å². The fourth-order valence-corrected chi connectivity index (χ4v) is 2.40. The number of rotatable bonds is 4. The molecule has 1 unspecified atom stereocenters. The Morgan fingerprint density at radius 1 is 1.18 bits per heavy atom. The molecule has 0 fully saturated rings. The summed E-state index contributed by atoms with van der Waals surface area (Å²) in [7, 11) is 1.63. The molecule has 3 rings (SSSR count). The Labute approximate surface area is 129 Å². The fourth-order valence-electron chi connectivity index (χ4n) is 2.40. The van der Waals surface area contributed by atoms with Gasteiger partial charge in [0.25, 0.3) is 0 Å². The first-order valence-corrected chi connectivity index (χ1v) is 7.23. The Morgan fingerprint density at radius 2 is 2.00 bits per heavy atom. The molecule has 2 aromatic rings. The van der Waals surface area contributed by atoms with Crippen molar-refractivity contribution in [3.05, 3.63) is 60.4 Å². The van der Waals surface area contributed by atoms with E-state index in [2.05, 4.69) is 4.98 Å². The third kappa shape index (κ3) is 3.17. The van der Waals surface area contributed by atoms with Crippen LogP contribution >= 0.6 is 0 Å². The third-order valence-electron chi connectivity index (χ3n) is 3.62. The lowest BCUT2D eigenvalue weighted by Gasteiger charge is -2.10. The lowest BCUT2D eigenvalue weighted by atomic mass is 10.1. The first-order valence-electron chi connectivity index (χ1n) is 7.23. The third-order valence-corrected chi connectivity index (χ3v) is 3.62. The summed E-state index contributed by atoms with van der Waals surface area (Å²) < 4.78 is 10.6. The van der Waals surface area contributed by atoms with Crippen molar-refractivity contribution in [3.63, 3.8) is 0 Å². The Morgan fingerprint density at radius 3 is 2.68 bits per heavy atom. The molecule has 22 heavy (non-hydrogen) atoms. The van der Waals surface area contributed by atoms with Crippen LogP contribution in [-0.4, -0.2) is 24.2 Å². The Balaban J connectivity index is 1.79. The standard InChI is InChI=1S/C18H17NO3/c1-21-16-8-6-13(7-9-16)14-10-15(12-19-11-14)18(20)22-17-4-2-3-5-17/h2,4,6-12,17H,3,5H2,1H3. The minimum atomic E-state index is -0.334. The maximum atomic E-state index is 12.2. The molecule has 0 spiro atoms. The molecule has 4 heteroatoms. The highest BCUT2D eigenvalue weighted by atomic mass is 16.5. The van der Waals surface area contributed by atoms with Gasteiger partial charge in [0.05, 0.1) is 12.7 Å². The summed E-state index contributed by atoms with van der Waals surface area (Å²) in [5.74, 6) is 0.458. The lowest BCUT2D eigenvalue weighted by molar-refractivity contribution is 0.0395.